The van der Waals surface area contributed by atoms with Gasteiger partial charge in [-0.3, -0.25) is 0 Å². The van der Waals surface area contributed by atoms with E-state index in [-0.39, 0.29) is 0 Å². The van der Waals surface area contributed by atoms with Gasteiger partial charge in [0.05, 0.1) is 11.2 Å². The number of nitrogens with zero attached hydrogens (tertiary/aromatic N) is 1. The minimum Gasteiger partial charge on any atom is -0.397 e. The molecule has 0 aliphatic rings. The number of thioether (sulfide) groups is 1. The van der Waals surface area contributed by atoms with Gasteiger partial charge in [0.25, 0.3) is 0 Å². The lowest BCUT2D eigenvalue weighted by molar-refractivity contribution is 1.29. The smallest absolute Gasteiger partial charge is 0.139 e. The number of aromatic nitrogens is 2. The maximum atomic E-state index is 6.01. The minimum atomic E-state index is 0.589. The zero-order valence-corrected chi connectivity index (χ0v) is 11.8. The first-order valence-corrected chi connectivity index (χ1v) is 7.37. The van der Waals surface area contributed by atoms with E-state index in [4.69, 9.17) is 17.3 Å². The van der Waals surface area contributed by atoms with Gasteiger partial charge in [-0.05, 0) is 24.5 Å². The normalized spacial score (nSPS) is 11.1. The van der Waals surface area contributed by atoms with Gasteiger partial charge >= 0.3 is 0 Å². The first kappa shape index (κ1) is 12.4. The Labute approximate surface area is 120 Å². The Morgan fingerprint density at radius 1 is 1.26 bits per heavy atom. The highest BCUT2D eigenvalue weighted by Crippen LogP contribution is 2.31. The van der Waals surface area contributed by atoms with Crippen LogP contribution in [0.1, 0.15) is 0 Å². The topological polar surface area (TPSA) is 54.7 Å². The Balaban J connectivity index is 2.23. The van der Waals surface area contributed by atoms with E-state index in [0.717, 1.165) is 22.4 Å². The molecule has 5 heteroatoms. The summed E-state index contributed by atoms with van der Waals surface area (Å²) in [6, 6.07) is 11.7. The Bertz CT molecular complexity index is 752. The number of nitrogens with one attached hydrogen (secondary N) is 1. The highest BCUT2D eigenvalue weighted by molar-refractivity contribution is 7.98. The van der Waals surface area contributed by atoms with E-state index in [0.29, 0.717) is 10.7 Å². The molecule has 3 rings (SSSR count). The quantitative estimate of drug-likeness (QED) is 0.549. The maximum absolute atomic E-state index is 6.01. The zero-order valence-electron chi connectivity index (χ0n) is 10.3. The first-order chi connectivity index (χ1) is 9.19. The van der Waals surface area contributed by atoms with Crippen molar-refractivity contribution in [1.82, 2.24) is 9.97 Å². The number of imidazole rings is 1. The summed E-state index contributed by atoms with van der Waals surface area (Å²) in [4.78, 5) is 9.03. The largest absolute Gasteiger partial charge is 0.397 e. The van der Waals surface area contributed by atoms with Gasteiger partial charge in [-0.2, -0.15) is 0 Å². The summed E-state index contributed by atoms with van der Waals surface area (Å²) in [6.07, 6.45) is 2.05. The molecule has 0 spiro atoms. The van der Waals surface area contributed by atoms with E-state index in [1.165, 1.54) is 4.90 Å². The second kappa shape index (κ2) is 4.79. The van der Waals surface area contributed by atoms with Crippen LogP contribution in [0.15, 0.2) is 41.3 Å². The minimum absolute atomic E-state index is 0.589. The molecule has 0 aliphatic carbocycles. The molecule has 3 aromatic rings. The van der Waals surface area contributed by atoms with E-state index >= 15 is 0 Å². The number of hydrogen-bond acceptors (Lipinski definition) is 3. The fourth-order valence-corrected chi connectivity index (χ4v) is 2.90. The Kier molecular flexibility index (Phi) is 3.12. The Morgan fingerprint density at radius 2 is 2.05 bits per heavy atom. The summed E-state index contributed by atoms with van der Waals surface area (Å²) >= 11 is 7.70. The summed E-state index contributed by atoms with van der Waals surface area (Å²) in [6.45, 7) is 0. The van der Waals surface area contributed by atoms with E-state index in [1.54, 1.807) is 17.8 Å². The zero-order chi connectivity index (χ0) is 13.4. The molecule has 1 heterocycles. The second-order valence-electron chi connectivity index (χ2n) is 4.18. The lowest BCUT2D eigenvalue weighted by Gasteiger charge is -2.02. The van der Waals surface area contributed by atoms with Gasteiger partial charge in [-0.15, -0.1) is 11.8 Å². The molecule has 3 nitrogen and oxygen atoms in total. The summed E-state index contributed by atoms with van der Waals surface area (Å²) in [5, 5.41) is 0.610. The highest BCUT2D eigenvalue weighted by Gasteiger charge is 2.11. The van der Waals surface area contributed by atoms with Crippen LogP contribution in [0.25, 0.3) is 22.4 Å². The molecule has 0 bridgehead atoms. The van der Waals surface area contributed by atoms with E-state index < -0.39 is 0 Å². The molecule has 0 aliphatic heterocycles. The van der Waals surface area contributed by atoms with Crippen LogP contribution < -0.4 is 5.73 Å². The van der Waals surface area contributed by atoms with Crippen molar-refractivity contribution in [2.45, 2.75) is 4.90 Å². The second-order valence-corrected chi connectivity index (χ2v) is 5.46. The average Bonchev–Trinajstić information content (AvgIpc) is 2.82. The third-order valence-electron chi connectivity index (χ3n) is 2.94. The van der Waals surface area contributed by atoms with Crippen molar-refractivity contribution in [2.24, 2.45) is 0 Å². The molecular formula is C14H12ClN3S. The van der Waals surface area contributed by atoms with E-state index in [2.05, 4.69) is 16.0 Å². The molecule has 0 saturated heterocycles. The van der Waals surface area contributed by atoms with Crippen LogP contribution >= 0.6 is 23.4 Å². The summed E-state index contributed by atoms with van der Waals surface area (Å²) in [7, 11) is 0. The number of nitrogen functional groups attached to an aromatic ring is 1. The predicted molar refractivity (Wildman–Crippen MR) is 82.7 cm³/mol. The molecule has 0 saturated carbocycles. The molecule has 0 unspecified atom stereocenters. The monoisotopic (exact) mass is 289 g/mol. The van der Waals surface area contributed by atoms with Gasteiger partial charge in [0.1, 0.15) is 11.3 Å². The van der Waals surface area contributed by atoms with Crippen molar-refractivity contribution in [3.8, 4) is 11.4 Å². The molecule has 3 N–H and O–H groups in total. The predicted octanol–water partition coefficient (Wildman–Crippen LogP) is 4.19. The van der Waals surface area contributed by atoms with Crippen molar-refractivity contribution in [2.75, 3.05) is 12.0 Å². The van der Waals surface area contributed by atoms with Crippen LogP contribution in [0.4, 0.5) is 5.69 Å². The summed E-state index contributed by atoms with van der Waals surface area (Å²) in [5.74, 6) is 0.814. The van der Waals surface area contributed by atoms with Gasteiger partial charge in [0.2, 0.25) is 0 Å². The molecule has 19 heavy (non-hydrogen) atoms. The first-order valence-electron chi connectivity index (χ1n) is 5.77. The van der Waals surface area contributed by atoms with Gasteiger partial charge in [-0.25, -0.2) is 4.98 Å². The lowest BCUT2D eigenvalue weighted by atomic mass is 10.2. The number of rotatable bonds is 2. The third-order valence-corrected chi connectivity index (χ3v) is 3.96. The van der Waals surface area contributed by atoms with Gasteiger partial charge in [0, 0.05) is 15.5 Å². The van der Waals surface area contributed by atoms with Gasteiger partial charge < -0.3 is 10.7 Å². The lowest BCUT2D eigenvalue weighted by Crippen LogP contribution is -1.86. The Morgan fingerprint density at radius 3 is 2.84 bits per heavy atom. The molecule has 0 radical (unpaired) electrons. The van der Waals surface area contributed by atoms with Crippen LogP contribution in [0.5, 0.6) is 0 Å². The van der Waals surface area contributed by atoms with Crippen LogP contribution in [-0.2, 0) is 0 Å². The third kappa shape index (κ3) is 2.17. The van der Waals surface area contributed by atoms with E-state index in [9.17, 15) is 0 Å². The summed E-state index contributed by atoms with van der Waals surface area (Å²) in [5.41, 5.74) is 9.22. The number of benzene rings is 2. The Hall–Kier alpha value is -1.65. The molecule has 2 aromatic carbocycles. The standard InChI is InChI=1S/C14H12ClN3S/c1-19-12-5-3-2-4-9(12)14-17-11-7-8(15)6-10(16)13(11)18-14/h2-7H,16H2,1H3,(H,17,18). The van der Waals surface area contributed by atoms with E-state index in [1.807, 2.05) is 30.5 Å². The highest BCUT2D eigenvalue weighted by atomic mass is 35.5. The number of fused-ring (bicyclic) bond motifs is 1. The fourth-order valence-electron chi connectivity index (χ4n) is 2.08. The van der Waals surface area contributed by atoms with Crippen LogP contribution in [0, 0.1) is 0 Å². The molecule has 0 amide bonds. The molecule has 0 atom stereocenters. The van der Waals surface area contributed by atoms with Crippen molar-refractivity contribution >= 4 is 40.1 Å². The van der Waals surface area contributed by atoms with Crippen molar-refractivity contribution in [3.05, 3.63) is 41.4 Å². The van der Waals surface area contributed by atoms with Crippen molar-refractivity contribution in [3.63, 3.8) is 0 Å². The molecule has 0 fully saturated rings. The SMILES string of the molecule is CSc1ccccc1-c1nc2c(N)cc(Cl)cc2[nH]1. The molecule has 96 valence electrons. The number of hydrogen-bond donors (Lipinski definition) is 2. The van der Waals surface area contributed by atoms with Crippen LogP contribution in [-0.4, -0.2) is 16.2 Å². The maximum Gasteiger partial charge on any atom is 0.139 e. The van der Waals surface area contributed by atoms with Gasteiger partial charge in [0.15, 0.2) is 0 Å². The van der Waals surface area contributed by atoms with Crippen molar-refractivity contribution in [1.29, 1.82) is 0 Å². The molecular weight excluding hydrogens is 278 g/mol. The van der Waals surface area contributed by atoms with Gasteiger partial charge in [-0.1, -0.05) is 29.8 Å². The van der Waals surface area contributed by atoms with Crippen molar-refractivity contribution < 1.29 is 0 Å². The average molecular weight is 290 g/mol. The number of aromatic amines is 1. The summed E-state index contributed by atoms with van der Waals surface area (Å²) < 4.78 is 0. The fraction of sp³-hybridized carbons (Fsp3) is 0.0714. The number of anilines is 1. The van der Waals surface area contributed by atoms with Crippen LogP contribution in [0.3, 0.4) is 0 Å². The number of H-pyrrole nitrogens is 1. The number of halogens is 1. The number of nitrogens with two attached hydrogens (primary N) is 1. The molecule has 1 aromatic heterocycles. The van der Waals surface area contributed by atoms with Crippen LogP contribution in [0.2, 0.25) is 5.02 Å².